The molecule has 1 aliphatic heterocycles. The Bertz CT molecular complexity index is 1590. The number of carbonyl (C=O) groups excluding carboxylic acids is 4. The number of nitrogens with one attached hydrogen (secondary N) is 4. The average Bonchev–Trinajstić information content (AvgIpc) is 3.31. The molecule has 236 valence electrons. The second-order valence-electron chi connectivity index (χ2n) is 10.9. The summed E-state index contributed by atoms with van der Waals surface area (Å²) in [5.74, 6) is -4.09. The van der Waals surface area contributed by atoms with Gasteiger partial charge < -0.3 is 25.8 Å². The minimum absolute atomic E-state index is 0.0118. The molecule has 3 heterocycles. The molecule has 3 aromatic rings. The van der Waals surface area contributed by atoms with E-state index in [2.05, 4.69) is 25.9 Å². The highest BCUT2D eigenvalue weighted by atomic mass is 19.1. The summed E-state index contributed by atoms with van der Waals surface area (Å²) in [4.78, 5) is 72.3. The van der Waals surface area contributed by atoms with E-state index in [9.17, 15) is 32.8 Å². The molecule has 14 heteroatoms. The molecule has 1 aliphatic rings. The maximum atomic E-state index is 14.4. The lowest BCUT2D eigenvalue weighted by molar-refractivity contribution is -0.130. The van der Waals surface area contributed by atoms with Crippen LogP contribution in [-0.2, 0) is 16.1 Å². The van der Waals surface area contributed by atoms with Gasteiger partial charge in [0.25, 0.3) is 11.8 Å². The van der Waals surface area contributed by atoms with E-state index in [4.69, 9.17) is 0 Å². The number of aromatic nitrogens is 3. The summed E-state index contributed by atoms with van der Waals surface area (Å²) < 4.78 is 29.3. The van der Waals surface area contributed by atoms with Gasteiger partial charge in [-0.25, -0.2) is 18.6 Å². The normalized spacial score (nSPS) is 18.7. The van der Waals surface area contributed by atoms with Gasteiger partial charge in [0.15, 0.2) is 11.5 Å². The maximum Gasteiger partial charge on any atom is 0.326 e. The molecule has 0 aliphatic carbocycles. The topological polar surface area (TPSA) is 158 Å². The third-order valence-electron chi connectivity index (χ3n) is 7.73. The molecule has 4 rings (SSSR count). The second-order valence-corrected chi connectivity index (χ2v) is 10.9. The molecule has 44 heavy (non-hydrogen) atoms. The van der Waals surface area contributed by atoms with Crippen LogP contribution in [0.5, 0.6) is 0 Å². The van der Waals surface area contributed by atoms with Gasteiger partial charge in [-0.1, -0.05) is 20.3 Å². The van der Waals surface area contributed by atoms with E-state index in [1.54, 1.807) is 18.2 Å². The van der Waals surface area contributed by atoms with Crippen molar-refractivity contribution in [1.82, 2.24) is 35.4 Å². The number of aryl methyl sites for hydroxylation is 1. The quantitative estimate of drug-likeness (QED) is 0.354. The molecule has 1 aromatic carbocycles. The first-order chi connectivity index (χ1) is 21.1. The number of aromatic amines is 1. The van der Waals surface area contributed by atoms with Gasteiger partial charge in [-0.2, -0.15) is 0 Å². The number of hydrogen-bond donors (Lipinski definition) is 4. The Balaban J connectivity index is 1.57. The Labute approximate surface area is 252 Å². The van der Waals surface area contributed by atoms with Gasteiger partial charge in [-0.15, -0.1) is 0 Å². The number of halogens is 2. The number of fused-ring (bicyclic) bond motifs is 1. The summed E-state index contributed by atoms with van der Waals surface area (Å²) in [7, 11) is 0. The van der Waals surface area contributed by atoms with E-state index in [0.29, 0.717) is 41.9 Å². The minimum Gasteiger partial charge on any atom is -0.354 e. The summed E-state index contributed by atoms with van der Waals surface area (Å²) >= 11 is 0. The molecule has 0 radical (unpaired) electrons. The average molecular weight is 614 g/mol. The van der Waals surface area contributed by atoms with E-state index in [0.717, 1.165) is 6.20 Å². The van der Waals surface area contributed by atoms with E-state index in [-0.39, 0.29) is 74.9 Å². The van der Waals surface area contributed by atoms with Gasteiger partial charge in [0.2, 0.25) is 11.8 Å². The lowest BCUT2D eigenvalue weighted by Gasteiger charge is -2.25. The molecule has 4 N–H and O–H groups in total. The van der Waals surface area contributed by atoms with Gasteiger partial charge in [-0.05, 0) is 43.4 Å². The van der Waals surface area contributed by atoms with E-state index in [1.807, 2.05) is 13.8 Å². The monoisotopic (exact) mass is 613 g/mol. The zero-order valence-electron chi connectivity index (χ0n) is 24.8. The highest BCUT2D eigenvalue weighted by molar-refractivity contribution is 5.97. The standard InChI is InChI=1S/C30H37F2N7O5/c1-3-18(2)25-28(42)34-11-6-14-39-23-15-19(8-9-22(23)36-30(39)44)27(41)33-10-5-13-38(12-4-7-24(40)37-25)29(43)26-21(32)16-20(31)17-35-26/h8-9,15-18,25H,3-7,10-14H2,1-2H3,(H,33,41)(H,34,42)(H,36,44)(H,37,40)/t18-,25-/m0/s1. The predicted octanol–water partition coefficient (Wildman–Crippen LogP) is 2.10. The van der Waals surface area contributed by atoms with Gasteiger partial charge in [0.05, 0.1) is 17.2 Å². The minimum atomic E-state index is -1.11. The van der Waals surface area contributed by atoms with Crippen molar-refractivity contribution in [2.75, 3.05) is 26.2 Å². The van der Waals surface area contributed by atoms with Gasteiger partial charge >= 0.3 is 5.69 Å². The van der Waals surface area contributed by atoms with E-state index < -0.39 is 29.3 Å². The Kier molecular flexibility index (Phi) is 10.8. The molecule has 12 nitrogen and oxygen atoms in total. The van der Waals surface area contributed by atoms with Crippen molar-refractivity contribution in [1.29, 1.82) is 0 Å². The number of pyridine rings is 1. The van der Waals surface area contributed by atoms with Crippen LogP contribution in [0.4, 0.5) is 8.78 Å². The van der Waals surface area contributed by atoms with Crippen molar-refractivity contribution in [2.45, 2.75) is 58.5 Å². The summed E-state index contributed by atoms with van der Waals surface area (Å²) in [6.07, 6.45) is 2.30. The number of hydrogen-bond acceptors (Lipinski definition) is 6. The Morgan fingerprint density at radius 1 is 1.02 bits per heavy atom. The van der Waals surface area contributed by atoms with Crippen LogP contribution in [0.1, 0.15) is 66.8 Å². The third-order valence-corrected chi connectivity index (χ3v) is 7.73. The van der Waals surface area contributed by atoms with Crippen LogP contribution in [0, 0.1) is 17.6 Å². The van der Waals surface area contributed by atoms with Crippen LogP contribution >= 0.6 is 0 Å². The van der Waals surface area contributed by atoms with E-state index in [1.165, 1.54) is 9.47 Å². The Hall–Kier alpha value is -4.62. The summed E-state index contributed by atoms with van der Waals surface area (Å²) in [6.45, 7) is 4.63. The number of carbonyl (C=O) groups is 4. The van der Waals surface area contributed by atoms with Crippen molar-refractivity contribution in [3.8, 4) is 0 Å². The fourth-order valence-electron chi connectivity index (χ4n) is 5.06. The smallest absolute Gasteiger partial charge is 0.326 e. The lowest BCUT2D eigenvalue weighted by Crippen LogP contribution is -2.50. The zero-order chi connectivity index (χ0) is 31.8. The third kappa shape index (κ3) is 7.85. The van der Waals surface area contributed by atoms with Gasteiger partial charge in [0.1, 0.15) is 11.9 Å². The molecule has 0 unspecified atom stereocenters. The van der Waals surface area contributed by atoms with Crippen molar-refractivity contribution in [3.63, 3.8) is 0 Å². The first-order valence-electron chi connectivity index (χ1n) is 14.8. The van der Waals surface area contributed by atoms with Crippen molar-refractivity contribution in [3.05, 3.63) is 63.8 Å². The predicted molar refractivity (Wildman–Crippen MR) is 158 cm³/mol. The van der Waals surface area contributed by atoms with Crippen molar-refractivity contribution >= 4 is 34.7 Å². The van der Waals surface area contributed by atoms with Crippen LogP contribution in [0.2, 0.25) is 0 Å². The molecule has 0 fully saturated rings. The summed E-state index contributed by atoms with van der Waals surface area (Å²) in [5.41, 5.74) is 0.532. The molecular weight excluding hydrogens is 576 g/mol. The molecule has 0 spiro atoms. The molecule has 0 saturated heterocycles. The highest BCUT2D eigenvalue weighted by Gasteiger charge is 2.26. The fourth-order valence-corrected chi connectivity index (χ4v) is 5.06. The second kappa shape index (κ2) is 14.7. The maximum absolute atomic E-state index is 14.4. The van der Waals surface area contributed by atoms with E-state index >= 15 is 0 Å². The highest BCUT2D eigenvalue weighted by Crippen LogP contribution is 2.15. The molecule has 2 atom stereocenters. The Morgan fingerprint density at radius 2 is 1.75 bits per heavy atom. The number of amides is 4. The number of benzene rings is 1. The van der Waals surface area contributed by atoms with Crippen LogP contribution in [0.25, 0.3) is 11.0 Å². The van der Waals surface area contributed by atoms with Crippen LogP contribution < -0.4 is 21.6 Å². The molecule has 4 amide bonds. The van der Waals surface area contributed by atoms with Crippen molar-refractivity contribution in [2.24, 2.45) is 5.92 Å². The Morgan fingerprint density at radius 3 is 2.50 bits per heavy atom. The van der Waals surface area contributed by atoms with Gasteiger partial charge in [0, 0.05) is 50.8 Å². The van der Waals surface area contributed by atoms with Crippen LogP contribution in [0.3, 0.4) is 0 Å². The summed E-state index contributed by atoms with van der Waals surface area (Å²) in [6, 6.07) is 4.63. The van der Waals surface area contributed by atoms with Crippen LogP contribution in [0.15, 0.2) is 35.3 Å². The fraction of sp³-hybridized carbons (Fsp3) is 0.467. The molecular formula is C30H37F2N7O5. The molecule has 2 bridgehead atoms. The number of H-pyrrole nitrogens is 1. The summed E-state index contributed by atoms with van der Waals surface area (Å²) in [5, 5.41) is 8.42. The lowest BCUT2D eigenvalue weighted by atomic mass is 9.98. The largest absolute Gasteiger partial charge is 0.354 e. The van der Waals surface area contributed by atoms with Crippen LogP contribution in [-0.4, -0.2) is 75.3 Å². The van der Waals surface area contributed by atoms with Crippen molar-refractivity contribution < 1.29 is 28.0 Å². The zero-order valence-corrected chi connectivity index (χ0v) is 24.8. The number of imidazole rings is 1. The first-order valence-corrected chi connectivity index (χ1v) is 14.8. The van der Waals surface area contributed by atoms with Gasteiger partial charge in [-0.3, -0.25) is 23.7 Å². The molecule has 0 saturated carbocycles. The molecule has 2 aromatic heterocycles. The SMILES string of the molecule is CC[C@H](C)[C@@H]1NC(=O)CCCN(C(=O)c2ncc(F)cc2F)CCCNC(=O)c2ccc3[nH]c(=O)n(c3c2)CCCNC1=O. The first kappa shape index (κ1) is 32.3. The number of nitrogens with zero attached hydrogens (tertiary/aromatic N) is 3. The number of rotatable bonds is 3.